The molecule has 0 bridgehead atoms. The van der Waals surface area contributed by atoms with E-state index in [1.165, 1.54) is 11.1 Å². The summed E-state index contributed by atoms with van der Waals surface area (Å²) in [4.78, 5) is 11.9. The molecule has 0 spiro atoms. The van der Waals surface area contributed by atoms with Gasteiger partial charge in [0.05, 0.1) is 6.04 Å². The number of rotatable bonds is 4. The van der Waals surface area contributed by atoms with Crippen LogP contribution >= 0.6 is 0 Å². The Morgan fingerprint density at radius 2 is 2.18 bits per heavy atom. The highest BCUT2D eigenvalue weighted by Gasteiger charge is 2.23. The number of hydrogen-bond donors (Lipinski definition) is 3. The van der Waals surface area contributed by atoms with Gasteiger partial charge in [-0.3, -0.25) is 4.79 Å². The van der Waals surface area contributed by atoms with Crippen LogP contribution in [0.2, 0.25) is 0 Å². The van der Waals surface area contributed by atoms with Gasteiger partial charge < -0.3 is 16.4 Å². The van der Waals surface area contributed by atoms with Gasteiger partial charge in [-0.1, -0.05) is 24.3 Å². The fourth-order valence-electron chi connectivity index (χ4n) is 2.08. The Hall–Kier alpha value is -1.39. The van der Waals surface area contributed by atoms with Crippen molar-refractivity contribution in [1.29, 1.82) is 0 Å². The van der Waals surface area contributed by atoms with Gasteiger partial charge in [0.15, 0.2) is 0 Å². The molecule has 4 N–H and O–H groups in total. The summed E-state index contributed by atoms with van der Waals surface area (Å²) in [6.07, 6.45) is 1.60. The van der Waals surface area contributed by atoms with Crippen LogP contribution in [0.3, 0.4) is 0 Å². The Morgan fingerprint density at radius 1 is 1.41 bits per heavy atom. The Labute approximate surface area is 102 Å². The molecule has 1 atom stereocenters. The summed E-state index contributed by atoms with van der Waals surface area (Å²) in [6, 6.07) is 8.14. The van der Waals surface area contributed by atoms with Gasteiger partial charge in [-0.25, -0.2) is 0 Å². The Morgan fingerprint density at radius 3 is 2.94 bits per heavy atom. The summed E-state index contributed by atoms with van der Waals surface area (Å²) >= 11 is 0. The van der Waals surface area contributed by atoms with Crippen molar-refractivity contribution in [2.24, 2.45) is 5.73 Å². The minimum Gasteiger partial charge on any atom is -0.355 e. The van der Waals surface area contributed by atoms with Gasteiger partial charge >= 0.3 is 0 Å². The zero-order chi connectivity index (χ0) is 12.1. The van der Waals surface area contributed by atoms with Crippen LogP contribution in [-0.4, -0.2) is 25.0 Å². The first-order chi connectivity index (χ1) is 8.31. The topological polar surface area (TPSA) is 67.1 Å². The van der Waals surface area contributed by atoms with Gasteiger partial charge in [-0.15, -0.1) is 0 Å². The molecule has 1 aromatic carbocycles. The molecule has 0 aromatic heterocycles. The van der Waals surface area contributed by atoms with E-state index in [2.05, 4.69) is 22.8 Å². The first-order valence-electron chi connectivity index (χ1n) is 6.09. The molecule has 92 valence electrons. The third-order valence-corrected chi connectivity index (χ3v) is 3.08. The van der Waals surface area contributed by atoms with E-state index in [1.54, 1.807) is 0 Å². The number of nitrogens with one attached hydrogen (secondary N) is 2. The largest absolute Gasteiger partial charge is 0.355 e. The van der Waals surface area contributed by atoms with Gasteiger partial charge in [0.1, 0.15) is 0 Å². The number of hydrogen-bond acceptors (Lipinski definition) is 3. The quantitative estimate of drug-likeness (QED) is 0.649. The molecular formula is C13H19N3O. The Balaban J connectivity index is 1.91. The van der Waals surface area contributed by atoms with Crippen molar-refractivity contribution in [3.8, 4) is 0 Å². The lowest BCUT2D eigenvalue weighted by Crippen LogP contribution is -2.48. The van der Waals surface area contributed by atoms with Crippen LogP contribution in [0.15, 0.2) is 24.3 Å². The van der Waals surface area contributed by atoms with Gasteiger partial charge in [0.25, 0.3) is 0 Å². The highest BCUT2D eigenvalue weighted by Crippen LogP contribution is 2.16. The molecule has 1 amide bonds. The summed E-state index contributed by atoms with van der Waals surface area (Å²) in [6.45, 7) is 2.04. The highest BCUT2D eigenvalue weighted by molar-refractivity contribution is 5.82. The average molecular weight is 233 g/mol. The van der Waals surface area contributed by atoms with Crippen molar-refractivity contribution >= 4 is 5.91 Å². The lowest BCUT2D eigenvalue weighted by Gasteiger charge is -2.25. The summed E-state index contributed by atoms with van der Waals surface area (Å²) < 4.78 is 0. The van der Waals surface area contributed by atoms with E-state index >= 15 is 0 Å². The zero-order valence-corrected chi connectivity index (χ0v) is 9.91. The summed E-state index contributed by atoms with van der Waals surface area (Å²) in [5.74, 6) is 0.0768. The third-order valence-electron chi connectivity index (χ3n) is 3.08. The average Bonchev–Trinajstić information content (AvgIpc) is 2.38. The van der Waals surface area contributed by atoms with Crippen molar-refractivity contribution < 1.29 is 4.79 Å². The lowest BCUT2D eigenvalue weighted by atomic mass is 9.95. The zero-order valence-electron chi connectivity index (χ0n) is 9.91. The molecule has 0 saturated heterocycles. The van der Waals surface area contributed by atoms with Crippen molar-refractivity contribution in [2.75, 3.05) is 13.1 Å². The van der Waals surface area contributed by atoms with Crippen LogP contribution in [0.1, 0.15) is 17.5 Å². The molecule has 4 heteroatoms. The lowest BCUT2D eigenvalue weighted by molar-refractivity contribution is -0.123. The molecule has 4 nitrogen and oxygen atoms in total. The van der Waals surface area contributed by atoms with Gasteiger partial charge in [0, 0.05) is 13.1 Å². The van der Waals surface area contributed by atoms with E-state index in [0.29, 0.717) is 13.1 Å². The van der Waals surface area contributed by atoms with Gasteiger partial charge in [0.2, 0.25) is 5.91 Å². The van der Waals surface area contributed by atoms with Crippen LogP contribution in [0, 0.1) is 0 Å². The van der Waals surface area contributed by atoms with E-state index in [4.69, 9.17) is 5.73 Å². The second-order valence-corrected chi connectivity index (χ2v) is 4.34. The number of nitrogens with two attached hydrogens (primary N) is 1. The standard InChI is InChI=1S/C13H19N3O/c14-6-3-7-15-13(17)12-8-10-4-1-2-5-11(10)9-16-12/h1-2,4-5,12,16H,3,6-9,14H2,(H,15,17). The number of carbonyl (C=O) groups excluding carboxylic acids is 1. The van der Waals surface area contributed by atoms with E-state index in [-0.39, 0.29) is 11.9 Å². The molecule has 1 unspecified atom stereocenters. The predicted molar refractivity (Wildman–Crippen MR) is 67.5 cm³/mol. The number of benzene rings is 1. The Kier molecular flexibility index (Phi) is 4.12. The molecule has 0 fully saturated rings. The smallest absolute Gasteiger partial charge is 0.237 e. The summed E-state index contributed by atoms with van der Waals surface area (Å²) in [5.41, 5.74) is 7.95. The van der Waals surface area contributed by atoms with Crippen molar-refractivity contribution in [3.05, 3.63) is 35.4 Å². The monoisotopic (exact) mass is 233 g/mol. The van der Waals surface area contributed by atoms with Crippen molar-refractivity contribution in [3.63, 3.8) is 0 Å². The number of fused-ring (bicyclic) bond motifs is 1. The first kappa shape index (κ1) is 12.1. The fraction of sp³-hybridized carbons (Fsp3) is 0.462. The molecule has 0 aliphatic carbocycles. The molecule has 1 heterocycles. The van der Waals surface area contributed by atoms with Crippen LogP contribution in [0.5, 0.6) is 0 Å². The molecule has 0 radical (unpaired) electrons. The van der Waals surface area contributed by atoms with Gasteiger partial charge in [-0.05, 0) is 30.5 Å². The van der Waals surface area contributed by atoms with E-state index in [9.17, 15) is 4.79 Å². The normalized spacial score (nSPS) is 18.5. The number of carbonyl (C=O) groups is 1. The molecule has 1 aliphatic rings. The van der Waals surface area contributed by atoms with Crippen LogP contribution in [-0.2, 0) is 17.8 Å². The SMILES string of the molecule is NCCCNC(=O)C1Cc2ccccc2CN1. The first-order valence-corrected chi connectivity index (χ1v) is 6.09. The van der Waals surface area contributed by atoms with E-state index in [0.717, 1.165) is 19.4 Å². The number of amides is 1. The molecule has 0 saturated carbocycles. The second kappa shape index (κ2) is 5.80. The maximum absolute atomic E-state index is 11.9. The molecule has 2 rings (SSSR count). The minimum atomic E-state index is -0.109. The predicted octanol–water partition coefficient (Wildman–Crippen LogP) is 0.166. The second-order valence-electron chi connectivity index (χ2n) is 4.34. The van der Waals surface area contributed by atoms with Crippen molar-refractivity contribution in [2.45, 2.75) is 25.4 Å². The highest BCUT2D eigenvalue weighted by atomic mass is 16.2. The van der Waals surface area contributed by atoms with E-state index in [1.807, 2.05) is 12.1 Å². The van der Waals surface area contributed by atoms with Crippen LogP contribution in [0.4, 0.5) is 0 Å². The van der Waals surface area contributed by atoms with Gasteiger partial charge in [-0.2, -0.15) is 0 Å². The minimum absolute atomic E-state index is 0.0768. The van der Waals surface area contributed by atoms with Crippen LogP contribution in [0.25, 0.3) is 0 Å². The summed E-state index contributed by atoms with van der Waals surface area (Å²) in [7, 11) is 0. The molecular weight excluding hydrogens is 214 g/mol. The summed E-state index contributed by atoms with van der Waals surface area (Å²) in [5, 5.41) is 6.16. The van der Waals surface area contributed by atoms with Crippen LogP contribution < -0.4 is 16.4 Å². The Bertz CT molecular complexity index is 392. The fourth-order valence-corrected chi connectivity index (χ4v) is 2.08. The molecule has 1 aliphatic heterocycles. The maximum Gasteiger partial charge on any atom is 0.237 e. The maximum atomic E-state index is 11.9. The van der Waals surface area contributed by atoms with Crippen molar-refractivity contribution in [1.82, 2.24) is 10.6 Å². The molecule has 1 aromatic rings. The van der Waals surface area contributed by atoms with E-state index < -0.39 is 0 Å². The molecule has 17 heavy (non-hydrogen) atoms. The third kappa shape index (κ3) is 3.05.